The summed E-state index contributed by atoms with van der Waals surface area (Å²) in [7, 11) is 6.81. The van der Waals surface area contributed by atoms with Crippen LogP contribution in [0.15, 0.2) is 0 Å². The highest BCUT2D eigenvalue weighted by atomic mass is 15.2. The second-order valence-electron chi connectivity index (χ2n) is 5.87. The Morgan fingerprint density at radius 3 is 2.19 bits per heavy atom. The van der Waals surface area contributed by atoms with E-state index in [1.165, 1.54) is 51.7 Å². The second-order valence-corrected chi connectivity index (χ2v) is 5.87. The van der Waals surface area contributed by atoms with Crippen LogP contribution >= 0.6 is 0 Å². The van der Waals surface area contributed by atoms with Crippen molar-refractivity contribution in [1.82, 2.24) is 15.1 Å². The van der Waals surface area contributed by atoms with Crippen LogP contribution in [0.4, 0.5) is 0 Å². The molecule has 2 aliphatic rings. The van der Waals surface area contributed by atoms with Crippen molar-refractivity contribution in [2.75, 3.05) is 40.8 Å². The number of nitrogens with one attached hydrogen (secondary N) is 1. The lowest BCUT2D eigenvalue weighted by Crippen LogP contribution is -2.58. The number of hydrogen-bond donors (Lipinski definition) is 1. The first-order valence-corrected chi connectivity index (χ1v) is 6.72. The first kappa shape index (κ1) is 12.3. The van der Waals surface area contributed by atoms with E-state index in [0.29, 0.717) is 5.54 Å². The van der Waals surface area contributed by atoms with Gasteiger partial charge in [-0.05, 0) is 66.3 Å². The van der Waals surface area contributed by atoms with Gasteiger partial charge < -0.3 is 15.1 Å². The van der Waals surface area contributed by atoms with Crippen LogP contribution < -0.4 is 5.32 Å². The topological polar surface area (TPSA) is 18.5 Å². The van der Waals surface area contributed by atoms with Gasteiger partial charge in [0, 0.05) is 18.1 Å². The molecule has 0 radical (unpaired) electrons. The van der Waals surface area contributed by atoms with Gasteiger partial charge in [-0.15, -0.1) is 0 Å². The van der Waals surface area contributed by atoms with Gasteiger partial charge in [0.15, 0.2) is 0 Å². The third kappa shape index (κ3) is 2.41. The molecule has 2 fully saturated rings. The Labute approximate surface area is 100 Å². The lowest BCUT2D eigenvalue weighted by atomic mass is 9.75. The zero-order chi connectivity index (χ0) is 11.6. The SMILES string of the molecule is CN(CC1(N(C)C)CCC1)C1CCNCC1. The summed E-state index contributed by atoms with van der Waals surface area (Å²) in [5.74, 6) is 0. The molecule has 0 amide bonds. The van der Waals surface area contributed by atoms with E-state index in [1.54, 1.807) is 0 Å². The quantitative estimate of drug-likeness (QED) is 0.774. The van der Waals surface area contributed by atoms with Crippen molar-refractivity contribution in [1.29, 1.82) is 0 Å². The second kappa shape index (κ2) is 5.03. The minimum atomic E-state index is 0.486. The molecule has 0 atom stereocenters. The van der Waals surface area contributed by atoms with Crippen LogP contribution in [0.2, 0.25) is 0 Å². The van der Waals surface area contributed by atoms with E-state index in [9.17, 15) is 0 Å². The molecule has 1 aliphatic heterocycles. The molecule has 0 bridgehead atoms. The Bertz CT molecular complexity index is 217. The molecule has 16 heavy (non-hydrogen) atoms. The van der Waals surface area contributed by atoms with Crippen LogP contribution in [0, 0.1) is 0 Å². The van der Waals surface area contributed by atoms with Gasteiger partial charge in [0.1, 0.15) is 0 Å². The fourth-order valence-corrected chi connectivity index (χ4v) is 3.17. The van der Waals surface area contributed by atoms with Crippen molar-refractivity contribution in [3.05, 3.63) is 0 Å². The van der Waals surface area contributed by atoms with Crippen LogP contribution in [0.25, 0.3) is 0 Å². The molecule has 0 unspecified atom stereocenters. The van der Waals surface area contributed by atoms with Gasteiger partial charge >= 0.3 is 0 Å². The molecule has 1 heterocycles. The van der Waals surface area contributed by atoms with Crippen LogP contribution in [0.5, 0.6) is 0 Å². The van der Waals surface area contributed by atoms with E-state index in [1.807, 2.05) is 0 Å². The molecular formula is C13H27N3. The highest BCUT2D eigenvalue weighted by molar-refractivity contribution is 4.98. The molecule has 1 aliphatic carbocycles. The summed E-state index contributed by atoms with van der Waals surface area (Å²) in [6, 6.07) is 0.804. The van der Waals surface area contributed by atoms with E-state index in [4.69, 9.17) is 0 Å². The minimum absolute atomic E-state index is 0.486. The Morgan fingerprint density at radius 2 is 1.75 bits per heavy atom. The van der Waals surface area contributed by atoms with Crippen molar-refractivity contribution >= 4 is 0 Å². The normalized spacial score (nSPS) is 26.1. The fourth-order valence-electron chi connectivity index (χ4n) is 3.17. The Morgan fingerprint density at radius 1 is 1.12 bits per heavy atom. The van der Waals surface area contributed by atoms with E-state index in [2.05, 4.69) is 36.3 Å². The van der Waals surface area contributed by atoms with Crippen LogP contribution in [0.3, 0.4) is 0 Å². The maximum Gasteiger partial charge on any atom is 0.0330 e. The van der Waals surface area contributed by atoms with Gasteiger partial charge in [0.25, 0.3) is 0 Å². The standard InChI is InChI=1S/C13H27N3/c1-15(2)13(7-4-8-13)11-16(3)12-5-9-14-10-6-12/h12,14H,4-11H2,1-3H3. The molecule has 2 rings (SSSR count). The molecule has 3 heteroatoms. The van der Waals surface area contributed by atoms with Crippen molar-refractivity contribution in [3.63, 3.8) is 0 Å². The molecule has 0 aromatic rings. The summed E-state index contributed by atoms with van der Waals surface area (Å²) in [6.45, 7) is 3.65. The lowest BCUT2D eigenvalue weighted by Gasteiger charge is -2.50. The molecule has 0 aromatic carbocycles. The van der Waals surface area contributed by atoms with Gasteiger partial charge in [-0.2, -0.15) is 0 Å². The third-order valence-corrected chi connectivity index (χ3v) is 4.71. The molecule has 3 nitrogen and oxygen atoms in total. The van der Waals surface area contributed by atoms with Crippen molar-refractivity contribution in [2.45, 2.75) is 43.7 Å². The average Bonchev–Trinajstić information content (AvgIpc) is 2.24. The van der Waals surface area contributed by atoms with Crippen molar-refractivity contribution in [3.8, 4) is 0 Å². The predicted molar refractivity (Wildman–Crippen MR) is 68.8 cm³/mol. The van der Waals surface area contributed by atoms with Crippen LogP contribution in [-0.2, 0) is 0 Å². The first-order valence-electron chi connectivity index (χ1n) is 6.72. The molecule has 0 aromatic heterocycles. The summed E-state index contributed by atoms with van der Waals surface area (Å²) in [5, 5.41) is 3.45. The minimum Gasteiger partial charge on any atom is -0.317 e. The Balaban J connectivity index is 1.87. The van der Waals surface area contributed by atoms with E-state index in [-0.39, 0.29) is 0 Å². The van der Waals surface area contributed by atoms with Gasteiger partial charge in [0.2, 0.25) is 0 Å². The van der Waals surface area contributed by atoms with E-state index >= 15 is 0 Å². The summed E-state index contributed by atoms with van der Waals surface area (Å²) in [6.07, 6.45) is 6.82. The van der Waals surface area contributed by atoms with Gasteiger partial charge in [-0.3, -0.25) is 0 Å². The largest absolute Gasteiger partial charge is 0.317 e. The molecule has 1 N–H and O–H groups in total. The van der Waals surface area contributed by atoms with Crippen molar-refractivity contribution < 1.29 is 0 Å². The van der Waals surface area contributed by atoms with Gasteiger partial charge in [-0.1, -0.05) is 0 Å². The molecule has 1 saturated carbocycles. The lowest BCUT2D eigenvalue weighted by molar-refractivity contribution is 0.0121. The number of nitrogens with zero attached hydrogens (tertiary/aromatic N) is 2. The van der Waals surface area contributed by atoms with Crippen LogP contribution in [0.1, 0.15) is 32.1 Å². The van der Waals surface area contributed by atoms with Crippen LogP contribution in [-0.4, -0.2) is 62.2 Å². The molecular weight excluding hydrogens is 198 g/mol. The molecule has 1 saturated heterocycles. The number of piperidine rings is 1. The predicted octanol–water partition coefficient (Wildman–Crippen LogP) is 1.15. The molecule has 94 valence electrons. The summed E-state index contributed by atoms with van der Waals surface area (Å²) >= 11 is 0. The first-order chi connectivity index (χ1) is 7.64. The molecule has 0 spiro atoms. The Hall–Kier alpha value is -0.120. The van der Waals surface area contributed by atoms with Gasteiger partial charge in [-0.25, -0.2) is 0 Å². The number of hydrogen-bond acceptors (Lipinski definition) is 3. The van der Waals surface area contributed by atoms with E-state index < -0.39 is 0 Å². The van der Waals surface area contributed by atoms with E-state index in [0.717, 1.165) is 6.04 Å². The highest BCUT2D eigenvalue weighted by Gasteiger charge is 2.40. The summed E-state index contributed by atoms with van der Waals surface area (Å²) in [4.78, 5) is 5.06. The summed E-state index contributed by atoms with van der Waals surface area (Å²) in [5.41, 5.74) is 0.486. The zero-order valence-electron chi connectivity index (χ0n) is 11.1. The average molecular weight is 225 g/mol. The zero-order valence-corrected chi connectivity index (χ0v) is 11.1. The number of rotatable bonds is 4. The van der Waals surface area contributed by atoms with Crippen molar-refractivity contribution in [2.24, 2.45) is 0 Å². The summed E-state index contributed by atoms with van der Waals surface area (Å²) < 4.78 is 0. The third-order valence-electron chi connectivity index (χ3n) is 4.71. The van der Waals surface area contributed by atoms with Gasteiger partial charge in [0.05, 0.1) is 0 Å². The number of likely N-dealkylation sites (N-methyl/N-ethyl adjacent to an activating group) is 2. The maximum absolute atomic E-state index is 3.45. The monoisotopic (exact) mass is 225 g/mol. The Kier molecular flexibility index (Phi) is 3.88. The maximum atomic E-state index is 3.45. The fraction of sp³-hybridized carbons (Fsp3) is 1.00. The highest BCUT2D eigenvalue weighted by Crippen LogP contribution is 2.37. The smallest absolute Gasteiger partial charge is 0.0330 e.